The molecule has 132 valence electrons. The summed E-state index contributed by atoms with van der Waals surface area (Å²) in [6, 6.07) is 10.2. The zero-order valence-corrected chi connectivity index (χ0v) is 14.8. The SMILES string of the molecule is CC(C)Oc1nccnc1NC[C@@H]1CC(=O)N(C)[C@@H]1c1ccccc1. The number of hydrogen-bond acceptors (Lipinski definition) is 5. The van der Waals surface area contributed by atoms with Gasteiger partial charge in [0, 0.05) is 38.3 Å². The van der Waals surface area contributed by atoms with Gasteiger partial charge in [-0.25, -0.2) is 9.97 Å². The highest BCUT2D eigenvalue weighted by Crippen LogP contribution is 2.37. The van der Waals surface area contributed by atoms with Crippen molar-refractivity contribution in [1.29, 1.82) is 0 Å². The summed E-state index contributed by atoms with van der Waals surface area (Å²) in [4.78, 5) is 22.7. The van der Waals surface area contributed by atoms with E-state index in [0.29, 0.717) is 24.7 Å². The molecule has 1 aliphatic rings. The highest BCUT2D eigenvalue weighted by molar-refractivity contribution is 5.79. The lowest BCUT2D eigenvalue weighted by atomic mass is 9.93. The number of likely N-dealkylation sites (tertiary alicyclic amines) is 1. The van der Waals surface area contributed by atoms with Crippen LogP contribution >= 0.6 is 0 Å². The second kappa shape index (κ2) is 7.51. The van der Waals surface area contributed by atoms with E-state index < -0.39 is 0 Å². The van der Waals surface area contributed by atoms with Crippen molar-refractivity contribution in [2.45, 2.75) is 32.4 Å². The molecule has 0 saturated carbocycles. The average Bonchev–Trinajstić information content (AvgIpc) is 2.89. The lowest BCUT2D eigenvalue weighted by Gasteiger charge is -2.26. The van der Waals surface area contributed by atoms with Gasteiger partial charge in [0.25, 0.3) is 5.88 Å². The Morgan fingerprint density at radius 3 is 2.68 bits per heavy atom. The highest BCUT2D eigenvalue weighted by atomic mass is 16.5. The van der Waals surface area contributed by atoms with Gasteiger partial charge in [-0.3, -0.25) is 4.79 Å². The number of hydrogen-bond donors (Lipinski definition) is 1. The maximum atomic E-state index is 12.2. The monoisotopic (exact) mass is 340 g/mol. The van der Waals surface area contributed by atoms with Crippen LogP contribution in [0.2, 0.25) is 0 Å². The summed E-state index contributed by atoms with van der Waals surface area (Å²) in [6.07, 6.45) is 3.79. The van der Waals surface area contributed by atoms with Gasteiger partial charge < -0.3 is 15.0 Å². The van der Waals surface area contributed by atoms with Gasteiger partial charge in [0.05, 0.1) is 12.1 Å². The van der Waals surface area contributed by atoms with Crippen LogP contribution in [0.25, 0.3) is 0 Å². The van der Waals surface area contributed by atoms with Crippen molar-refractivity contribution in [2.24, 2.45) is 5.92 Å². The van der Waals surface area contributed by atoms with E-state index in [1.165, 1.54) is 0 Å². The van der Waals surface area contributed by atoms with Crippen molar-refractivity contribution < 1.29 is 9.53 Å². The van der Waals surface area contributed by atoms with Crippen LogP contribution in [-0.4, -0.2) is 40.5 Å². The standard InChI is InChI=1S/C19H24N4O2/c1-13(2)25-19-18(20-9-10-21-19)22-12-15-11-16(24)23(3)17(15)14-7-5-4-6-8-14/h4-10,13,15,17H,11-12H2,1-3H3,(H,20,22)/t15-,17+/m0/s1. The summed E-state index contributed by atoms with van der Waals surface area (Å²) in [5.74, 6) is 1.43. The van der Waals surface area contributed by atoms with Crippen LogP contribution in [0.5, 0.6) is 5.88 Å². The van der Waals surface area contributed by atoms with E-state index >= 15 is 0 Å². The van der Waals surface area contributed by atoms with Gasteiger partial charge in [-0.1, -0.05) is 30.3 Å². The van der Waals surface area contributed by atoms with E-state index in [-0.39, 0.29) is 24.0 Å². The van der Waals surface area contributed by atoms with E-state index in [4.69, 9.17) is 4.74 Å². The molecule has 1 aromatic carbocycles. The molecule has 1 N–H and O–H groups in total. The first-order valence-electron chi connectivity index (χ1n) is 8.58. The molecular weight excluding hydrogens is 316 g/mol. The highest BCUT2D eigenvalue weighted by Gasteiger charge is 2.38. The molecule has 1 amide bonds. The number of ether oxygens (including phenoxy) is 1. The molecule has 0 radical (unpaired) electrons. The number of amides is 1. The average molecular weight is 340 g/mol. The molecule has 25 heavy (non-hydrogen) atoms. The summed E-state index contributed by atoms with van der Waals surface area (Å²) in [7, 11) is 1.87. The molecule has 0 spiro atoms. The number of aromatic nitrogens is 2. The predicted molar refractivity (Wildman–Crippen MR) is 96.3 cm³/mol. The molecule has 3 rings (SSSR count). The number of nitrogens with zero attached hydrogens (tertiary/aromatic N) is 3. The van der Waals surface area contributed by atoms with Crippen LogP contribution in [0.1, 0.15) is 31.9 Å². The third-order valence-electron chi connectivity index (χ3n) is 4.38. The van der Waals surface area contributed by atoms with Gasteiger partial charge in [0.2, 0.25) is 5.91 Å². The van der Waals surface area contributed by atoms with E-state index in [9.17, 15) is 4.79 Å². The van der Waals surface area contributed by atoms with Gasteiger partial charge in [-0.05, 0) is 19.4 Å². The number of carbonyl (C=O) groups excluding carboxylic acids is 1. The summed E-state index contributed by atoms with van der Waals surface area (Å²) in [5, 5.41) is 3.32. The number of carbonyl (C=O) groups is 1. The Morgan fingerprint density at radius 1 is 1.24 bits per heavy atom. The predicted octanol–water partition coefficient (Wildman–Crippen LogP) is 2.90. The Hall–Kier alpha value is -2.63. The molecule has 2 heterocycles. The normalized spacial score (nSPS) is 20.2. The molecular formula is C19H24N4O2. The van der Waals surface area contributed by atoms with Crippen molar-refractivity contribution >= 4 is 11.7 Å². The molecule has 0 bridgehead atoms. The summed E-state index contributed by atoms with van der Waals surface area (Å²) in [6.45, 7) is 4.53. The van der Waals surface area contributed by atoms with E-state index in [2.05, 4.69) is 27.4 Å². The van der Waals surface area contributed by atoms with Crippen LogP contribution in [0.3, 0.4) is 0 Å². The molecule has 1 fully saturated rings. The third-order valence-corrected chi connectivity index (χ3v) is 4.38. The minimum absolute atomic E-state index is 0.0218. The number of anilines is 1. The molecule has 6 heteroatoms. The fourth-order valence-corrected chi connectivity index (χ4v) is 3.26. The molecule has 1 aromatic heterocycles. The van der Waals surface area contributed by atoms with Gasteiger partial charge in [-0.15, -0.1) is 0 Å². The van der Waals surface area contributed by atoms with E-state index in [0.717, 1.165) is 5.56 Å². The Balaban J connectivity index is 1.75. The van der Waals surface area contributed by atoms with Gasteiger partial charge in [-0.2, -0.15) is 0 Å². The first-order chi connectivity index (χ1) is 12.1. The van der Waals surface area contributed by atoms with Gasteiger partial charge in [0.15, 0.2) is 5.82 Å². The maximum absolute atomic E-state index is 12.2. The van der Waals surface area contributed by atoms with Gasteiger partial charge in [0.1, 0.15) is 0 Å². The van der Waals surface area contributed by atoms with Crippen molar-refractivity contribution in [3.05, 3.63) is 48.3 Å². The summed E-state index contributed by atoms with van der Waals surface area (Å²) < 4.78 is 5.70. The fourth-order valence-electron chi connectivity index (χ4n) is 3.26. The molecule has 1 aliphatic heterocycles. The second-order valence-electron chi connectivity index (χ2n) is 6.58. The molecule has 1 saturated heterocycles. The minimum Gasteiger partial charge on any atom is -0.472 e. The van der Waals surface area contributed by atoms with Crippen LogP contribution in [0.15, 0.2) is 42.7 Å². The van der Waals surface area contributed by atoms with Crippen molar-refractivity contribution in [2.75, 3.05) is 18.9 Å². The summed E-state index contributed by atoms with van der Waals surface area (Å²) >= 11 is 0. The second-order valence-corrected chi connectivity index (χ2v) is 6.58. The van der Waals surface area contributed by atoms with Crippen molar-refractivity contribution in [3.63, 3.8) is 0 Å². The van der Waals surface area contributed by atoms with Crippen molar-refractivity contribution in [3.8, 4) is 5.88 Å². The zero-order chi connectivity index (χ0) is 17.8. The molecule has 6 nitrogen and oxygen atoms in total. The van der Waals surface area contributed by atoms with Crippen LogP contribution in [0, 0.1) is 5.92 Å². The Labute approximate surface area is 148 Å². The van der Waals surface area contributed by atoms with Crippen LogP contribution < -0.4 is 10.1 Å². The molecule has 0 unspecified atom stereocenters. The fraction of sp³-hybridized carbons (Fsp3) is 0.421. The smallest absolute Gasteiger partial charge is 0.257 e. The largest absolute Gasteiger partial charge is 0.472 e. The number of rotatable bonds is 6. The number of benzene rings is 1. The topological polar surface area (TPSA) is 67.4 Å². The Bertz CT molecular complexity index is 720. The van der Waals surface area contributed by atoms with E-state index in [1.807, 2.05) is 44.0 Å². The summed E-state index contributed by atoms with van der Waals surface area (Å²) in [5.41, 5.74) is 1.15. The first kappa shape index (κ1) is 17.2. The van der Waals surface area contributed by atoms with E-state index in [1.54, 1.807) is 12.4 Å². The molecule has 2 aromatic rings. The minimum atomic E-state index is 0.0218. The van der Waals surface area contributed by atoms with Crippen LogP contribution in [-0.2, 0) is 4.79 Å². The Morgan fingerprint density at radius 2 is 1.96 bits per heavy atom. The quantitative estimate of drug-likeness (QED) is 0.876. The van der Waals surface area contributed by atoms with Crippen molar-refractivity contribution in [1.82, 2.24) is 14.9 Å². The lowest BCUT2D eigenvalue weighted by molar-refractivity contribution is -0.127. The zero-order valence-electron chi connectivity index (χ0n) is 14.8. The number of nitrogens with one attached hydrogen (secondary N) is 1. The molecule has 2 atom stereocenters. The maximum Gasteiger partial charge on any atom is 0.257 e. The third kappa shape index (κ3) is 3.90. The lowest BCUT2D eigenvalue weighted by Crippen LogP contribution is -2.26. The molecule has 0 aliphatic carbocycles. The van der Waals surface area contributed by atoms with Crippen LogP contribution in [0.4, 0.5) is 5.82 Å². The first-order valence-corrected chi connectivity index (χ1v) is 8.58. The Kier molecular flexibility index (Phi) is 5.16. The van der Waals surface area contributed by atoms with Gasteiger partial charge >= 0.3 is 0 Å².